The molecule has 1 fully saturated rings. The molecule has 3 aromatic rings. The van der Waals surface area contributed by atoms with Crippen molar-refractivity contribution in [1.82, 2.24) is 4.98 Å². The number of aryl methyl sites for hydroxylation is 2. The van der Waals surface area contributed by atoms with Gasteiger partial charge >= 0.3 is 0 Å². The number of Topliss-reactive ketones (excluding diaryl/α,β-unsaturated/α-hetero) is 1. The Bertz CT molecular complexity index is 1380. The fourth-order valence-corrected chi connectivity index (χ4v) is 6.04. The maximum atomic E-state index is 12.9. The smallest absolute Gasteiger partial charge is 0.225 e. The van der Waals surface area contributed by atoms with Gasteiger partial charge in [0.05, 0.1) is 0 Å². The molecule has 3 heterocycles. The van der Waals surface area contributed by atoms with Gasteiger partial charge in [0.25, 0.3) is 0 Å². The number of carbonyl (C=O) groups excluding carboxylic acids is 2. The third kappa shape index (κ3) is 3.68. The van der Waals surface area contributed by atoms with E-state index in [0.717, 1.165) is 41.0 Å². The highest BCUT2D eigenvalue weighted by Gasteiger charge is 2.59. The number of ketones is 1. The Kier molecular flexibility index (Phi) is 4.69. The summed E-state index contributed by atoms with van der Waals surface area (Å²) in [6, 6.07) is 14.3. The highest BCUT2D eigenvalue weighted by Crippen LogP contribution is 2.60. The van der Waals surface area contributed by atoms with Crippen LogP contribution < -0.4 is 14.8 Å². The number of hydrogen-bond donors (Lipinski definition) is 1. The Morgan fingerprint density at radius 1 is 1.06 bits per heavy atom. The van der Waals surface area contributed by atoms with Crippen molar-refractivity contribution < 1.29 is 19.1 Å². The van der Waals surface area contributed by atoms with E-state index in [2.05, 4.69) is 28.5 Å². The molecule has 6 heteroatoms. The lowest BCUT2D eigenvalue weighted by molar-refractivity contribution is -0.119. The standard InChI is InChI=1S/C29H26N2O4/c32-19(13-16-4-5-17-2-1-3-18(17)12-16)14-23-27-22-15-20(6-8-24(22)35-28(23)27)34-25-10-11-30-29-21(25)7-9-26(33)31-29/h4-6,8,10-12,15,23,27-28H,1-3,7,9,13-14H2,(H,30,31,33)/t23-,27-,28?/m0/s1. The molecular formula is C29H26N2O4. The quantitative estimate of drug-likeness (QED) is 0.558. The Hall–Kier alpha value is -3.67. The number of rotatable bonds is 6. The molecule has 4 aliphatic rings. The summed E-state index contributed by atoms with van der Waals surface area (Å²) in [6.45, 7) is 0. The lowest BCUT2D eigenvalue weighted by Crippen LogP contribution is -2.20. The van der Waals surface area contributed by atoms with Gasteiger partial charge in [-0.05, 0) is 66.6 Å². The summed E-state index contributed by atoms with van der Waals surface area (Å²) < 4.78 is 12.4. The number of amides is 1. The van der Waals surface area contributed by atoms with Gasteiger partial charge in [-0.25, -0.2) is 4.98 Å². The van der Waals surface area contributed by atoms with Crippen molar-refractivity contribution >= 4 is 17.5 Å². The maximum Gasteiger partial charge on any atom is 0.225 e. The van der Waals surface area contributed by atoms with Gasteiger partial charge < -0.3 is 14.8 Å². The zero-order chi connectivity index (χ0) is 23.5. The fourth-order valence-electron chi connectivity index (χ4n) is 6.04. The van der Waals surface area contributed by atoms with Crippen molar-refractivity contribution in [1.29, 1.82) is 0 Å². The molecule has 1 aromatic heterocycles. The summed E-state index contributed by atoms with van der Waals surface area (Å²) in [5.41, 5.74) is 6.04. The molecule has 7 rings (SSSR count). The molecule has 1 saturated carbocycles. The molecule has 0 bridgehead atoms. The molecule has 2 aromatic carbocycles. The van der Waals surface area contributed by atoms with Crippen molar-refractivity contribution in [2.45, 2.75) is 57.0 Å². The Labute approximate surface area is 203 Å². The van der Waals surface area contributed by atoms with E-state index >= 15 is 0 Å². The SMILES string of the molecule is O=C(Cc1ccc2c(c1)CCC2)C[C@@H]1C2Oc3ccc(Oc4ccnc5c4CCC(=O)N5)cc3[C@H]21. The van der Waals surface area contributed by atoms with Crippen LogP contribution in [0.25, 0.3) is 0 Å². The number of benzene rings is 2. The molecule has 0 radical (unpaired) electrons. The van der Waals surface area contributed by atoms with Crippen LogP contribution in [0.15, 0.2) is 48.7 Å². The van der Waals surface area contributed by atoms with Gasteiger partial charge in [-0.15, -0.1) is 0 Å². The third-order valence-corrected chi connectivity index (χ3v) is 7.83. The van der Waals surface area contributed by atoms with Crippen molar-refractivity contribution in [3.05, 3.63) is 76.5 Å². The maximum absolute atomic E-state index is 12.9. The first-order valence-electron chi connectivity index (χ1n) is 12.5. The van der Waals surface area contributed by atoms with E-state index in [1.807, 2.05) is 24.3 Å². The molecule has 1 N–H and O–H groups in total. The second-order valence-corrected chi connectivity index (χ2v) is 10.1. The van der Waals surface area contributed by atoms with Gasteiger partial charge in [-0.1, -0.05) is 18.2 Å². The van der Waals surface area contributed by atoms with E-state index < -0.39 is 0 Å². The first-order chi connectivity index (χ1) is 17.1. The number of nitrogens with one attached hydrogen (secondary N) is 1. The Morgan fingerprint density at radius 3 is 2.91 bits per heavy atom. The van der Waals surface area contributed by atoms with Crippen LogP contribution in [0.4, 0.5) is 5.82 Å². The highest BCUT2D eigenvalue weighted by atomic mass is 16.5. The van der Waals surface area contributed by atoms with E-state index in [1.54, 1.807) is 6.20 Å². The third-order valence-electron chi connectivity index (χ3n) is 7.83. The Morgan fingerprint density at radius 2 is 1.97 bits per heavy atom. The average Bonchev–Trinajstić information content (AvgIpc) is 3.18. The van der Waals surface area contributed by atoms with E-state index in [9.17, 15) is 9.59 Å². The number of carbonyl (C=O) groups is 2. The predicted octanol–water partition coefficient (Wildman–Crippen LogP) is 4.92. The molecule has 3 atom stereocenters. The van der Waals surface area contributed by atoms with E-state index in [1.165, 1.54) is 17.5 Å². The summed E-state index contributed by atoms with van der Waals surface area (Å²) in [6.07, 6.45) is 7.35. The minimum atomic E-state index is -0.0200. The number of hydrogen-bond acceptors (Lipinski definition) is 5. The molecule has 6 nitrogen and oxygen atoms in total. The van der Waals surface area contributed by atoms with Crippen LogP contribution in [-0.2, 0) is 35.3 Å². The largest absolute Gasteiger partial charge is 0.489 e. The monoisotopic (exact) mass is 466 g/mol. The average molecular weight is 467 g/mol. The van der Waals surface area contributed by atoms with Crippen LogP contribution in [0.5, 0.6) is 17.2 Å². The summed E-state index contributed by atoms with van der Waals surface area (Å²) in [5.74, 6) is 3.66. The molecule has 2 aliphatic heterocycles. The van der Waals surface area contributed by atoms with E-state index in [0.29, 0.717) is 37.3 Å². The first kappa shape index (κ1) is 20.7. The van der Waals surface area contributed by atoms with E-state index in [-0.39, 0.29) is 29.6 Å². The lowest BCUT2D eigenvalue weighted by atomic mass is 9.99. The van der Waals surface area contributed by atoms with Gasteiger partial charge in [0, 0.05) is 48.4 Å². The molecule has 0 saturated heterocycles. The zero-order valence-electron chi connectivity index (χ0n) is 19.4. The normalized spacial score (nSPS) is 22.9. The number of ether oxygens (including phenoxy) is 2. The second-order valence-electron chi connectivity index (χ2n) is 10.1. The minimum Gasteiger partial charge on any atom is -0.489 e. The number of nitrogens with zero attached hydrogens (tertiary/aromatic N) is 1. The molecule has 176 valence electrons. The van der Waals surface area contributed by atoms with Gasteiger partial charge in [0.15, 0.2) is 0 Å². The molecule has 0 spiro atoms. The summed E-state index contributed by atoms with van der Waals surface area (Å²) in [4.78, 5) is 28.8. The number of anilines is 1. The summed E-state index contributed by atoms with van der Waals surface area (Å²) >= 11 is 0. The molecule has 2 aliphatic carbocycles. The van der Waals surface area contributed by atoms with Gasteiger partial charge in [0.2, 0.25) is 5.91 Å². The van der Waals surface area contributed by atoms with Gasteiger partial charge in [0.1, 0.15) is 35.0 Å². The van der Waals surface area contributed by atoms with Crippen LogP contribution in [0, 0.1) is 5.92 Å². The molecule has 1 amide bonds. The fraction of sp³-hybridized carbons (Fsp3) is 0.345. The summed E-state index contributed by atoms with van der Waals surface area (Å²) in [7, 11) is 0. The van der Waals surface area contributed by atoms with Crippen molar-refractivity contribution in [3.8, 4) is 17.2 Å². The van der Waals surface area contributed by atoms with Crippen LogP contribution in [0.1, 0.15) is 53.0 Å². The van der Waals surface area contributed by atoms with Crippen molar-refractivity contribution in [2.24, 2.45) is 5.92 Å². The van der Waals surface area contributed by atoms with Crippen molar-refractivity contribution in [3.63, 3.8) is 0 Å². The number of fused-ring (bicyclic) bond motifs is 5. The highest BCUT2D eigenvalue weighted by molar-refractivity contribution is 5.93. The first-order valence-corrected chi connectivity index (χ1v) is 12.5. The lowest BCUT2D eigenvalue weighted by Gasteiger charge is -2.19. The Balaban J connectivity index is 1.04. The number of pyridine rings is 1. The topological polar surface area (TPSA) is 77.5 Å². The minimum absolute atomic E-state index is 0.0200. The summed E-state index contributed by atoms with van der Waals surface area (Å²) in [5, 5.41) is 2.81. The zero-order valence-corrected chi connectivity index (χ0v) is 19.4. The van der Waals surface area contributed by atoms with Gasteiger partial charge in [-0.2, -0.15) is 0 Å². The van der Waals surface area contributed by atoms with Crippen LogP contribution in [-0.4, -0.2) is 22.8 Å². The number of aromatic nitrogens is 1. The van der Waals surface area contributed by atoms with Crippen LogP contribution >= 0.6 is 0 Å². The second kappa shape index (κ2) is 7.94. The van der Waals surface area contributed by atoms with Crippen molar-refractivity contribution in [2.75, 3.05) is 5.32 Å². The van der Waals surface area contributed by atoms with E-state index in [4.69, 9.17) is 9.47 Å². The van der Waals surface area contributed by atoms with Gasteiger partial charge in [-0.3, -0.25) is 9.59 Å². The molecule has 35 heavy (non-hydrogen) atoms. The van der Waals surface area contributed by atoms with Crippen LogP contribution in [0.2, 0.25) is 0 Å². The molecule has 1 unspecified atom stereocenters. The van der Waals surface area contributed by atoms with Crippen LogP contribution in [0.3, 0.4) is 0 Å². The molecular weight excluding hydrogens is 440 g/mol. The predicted molar refractivity (Wildman–Crippen MR) is 130 cm³/mol.